The van der Waals surface area contributed by atoms with Crippen LogP contribution >= 0.6 is 0 Å². The molecule has 0 atom stereocenters. The molecule has 0 spiro atoms. The van der Waals surface area contributed by atoms with Crippen molar-refractivity contribution < 1.29 is 15.0 Å². The Morgan fingerprint density at radius 2 is 2.29 bits per heavy atom. The summed E-state index contributed by atoms with van der Waals surface area (Å²) in [5.74, 6) is 0. The lowest BCUT2D eigenvalue weighted by Gasteiger charge is -1.87. The Kier molecular flexibility index (Phi) is 2.95. The normalized spacial score (nSPS) is 8.14. The summed E-state index contributed by atoms with van der Waals surface area (Å²) in [6.07, 6.45) is 0. The first-order valence-electron chi connectivity index (χ1n) is 1.63. The fourth-order valence-electron chi connectivity index (χ4n) is 0.112. The van der Waals surface area contributed by atoms with Crippen LogP contribution in [0.25, 0.3) is 0 Å². The maximum absolute atomic E-state index is 9.40. The number of nitrogens with zero attached hydrogens (tertiary/aromatic N) is 1. The molecule has 0 aliphatic heterocycles. The van der Waals surface area contributed by atoms with Gasteiger partial charge in [0, 0.05) is 0 Å². The van der Waals surface area contributed by atoms with Gasteiger partial charge in [-0.05, 0) is 0 Å². The first-order chi connectivity index (χ1) is 3.27. The second-order valence-electron chi connectivity index (χ2n) is 0.761. The van der Waals surface area contributed by atoms with E-state index >= 15 is 0 Å². The van der Waals surface area contributed by atoms with E-state index in [4.69, 9.17) is 0 Å². The molecule has 0 saturated carbocycles. The van der Waals surface area contributed by atoms with Gasteiger partial charge in [-0.3, -0.25) is 0 Å². The van der Waals surface area contributed by atoms with Gasteiger partial charge in [0.15, 0.2) is 0 Å². The smallest absolute Gasteiger partial charge is 0.294 e. The molecule has 0 unspecified atom stereocenters. The van der Waals surface area contributed by atoms with E-state index in [1.165, 1.54) is 0 Å². The summed E-state index contributed by atoms with van der Waals surface area (Å²) in [5, 5.41) is 17.6. The van der Waals surface area contributed by atoms with Crippen molar-refractivity contribution >= 4 is 0 Å². The minimum absolute atomic E-state index is 0.354. The Morgan fingerprint density at radius 3 is 2.43 bits per heavy atom. The molecular weight excluding hydrogens is 102 g/mol. The molecule has 0 bridgehead atoms. The average molecular weight is 106 g/mol. The average Bonchev–Trinajstić information content (AvgIpc) is 1.61. The first-order valence-corrected chi connectivity index (χ1v) is 1.63. The van der Waals surface area contributed by atoms with Gasteiger partial charge in [0.25, 0.3) is 5.09 Å². The highest BCUT2D eigenvalue weighted by atomic mass is 16.9. The van der Waals surface area contributed by atoms with Gasteiger partial charge in [-0.25, -0.2) is 5.11 Å². The number of hydrogen-bond donors (Lipinski definition) is 0. The Labute approximate surface area is 39.6 Å². The van der Waals surface area contributed by atoms with Crippen LogP contribution in [0.5, 0.6) is 0 Å². The predicted octanol–water partition coefficient (Wildman–Crippen LogP) is -0.375. The van der Waals surface area contributed by atoms with Crippen molar-refractivity contribution in [1.82, 2.24) is 0 Å². The molecule has 0 amide bonds. The van der Waals surface area contributed by atoms with Crippen LogP contribution in [-0.2, 0) is 9.94 Å². The van der Waals surface area contributed by atoms with Crippen molar-refractivity contribution in [3.8, 4) is 0 Å². The van der Waals surface area contributed by atoms with E-state index in [2.05, 4.69) is 4.84 Å². The van der Waals surface area contributed by atoms with Gasteiger partial charge in [0.05, 0.1) is 0 Å². The molecule has 0 heterocycles. The van der Waals surface area contributed by atoms with Gasteiger partial charge in [0.1, 0.15) is 13.2 Å². The van der Waals surface area contributed by atoms with Gasteiger partial charge in [-0.2, -0.15) is 0 Å². The van der Waals surface area contributed by atoms with Crippen LogP contribution in [-0.4, -0.2) is 18.3 Å². The molecule has 0 rings (SSSR count). The topological polar surface area (TPSA) is 72.3 Å². The molecule has 5 nitrogen and oxygen atoms in total. The quantitative estimate of drug-likeness (QED) is 0.363. The minimum Gasteiger partial charge on any atom is -0.311 e. The molecule has 7 heavy (non-hydrogen) atoms. The van der Waals surface area contributed by atoms with Crippen LogP contribution < -0.4 is 0 Å². The highest BCUT2D eigenvalue weighted by Gasteiger charge is 1.89. The summed E-state index contributed by atoms with van der Waals surface area (Å²) >= 11 is 0. The predicted molar refractivity (Wildman–Crippen MR) is 18.5 cm³/mol. The fraction of sp³-hybridized carbons (Fsp3) is 1.00. The van der Waals surface area contributed by atoms with E-state index in [0.29, 0.717) is 0 Å². The van der Waals surface area contributed by atoms with Gasteiger partial charge >= 0.3 is 0 Å². The second-order valence-corrected chi connectivity index (χ2v) is 0.761. The zero-order valence-corrected chi connectivity index (χ0v) is 3.49. The third kappa shape index (κ3) is 5.16. The summed E-state index contributed by atoms with van der Waals surface area (Å²) in [4.78, 5) is 12.8. The first kappa shape index (κ1) is 6.16. The summed E-state index contributed by atoms with van der Waals surface area (Å²) in [6, 6.07) is 0. The van der Waals surface area contributed by atoms with Crippen molar-refractivity contribution in [3.05, 3.63) is 10.1 Å². The molecule has 0 aliphatic rings. The number of rotatable bonds is 3. The Balaban J connectivity index is 2.82. The summed E-state index contributed by atoms with van der Waals surface area (Å²) in [6.45, 7) is -0.923. The summed E-state index contributed by atoms with van der Waals surface area (Å²) in [7, 11) is 0. The van der Waals surface area contributed by atoms with Gasteiger partial charge in [-0.15, -0.1) is 10.1 Å². The molecule has 5 heteroatoms. The second kappa shape index (κ2) is 3.35. The molecule has 0 fully saturated rings. The van der Waals surface area contributed by atoms with Crippen LogP contribution in [0.3, 0.4) is 0 Å². The lowest BCUT2D eigenvalue weighted by atomic mass is 10.8. The van der Waals surface area contributed by atoms with E-state index in [1.807, 2.05) is 0 Å². The SMILES string of the molecule is [O]CCO[N+](=O)[O-]. The zero-order valence-electron chi connectivity index (χ0n) is 3.49. The molecule has 0 aromatic carbocycles. The van der Waals surface area contributed by atoms with E-state index in [1.54, 1.807) is 0 Å². The molecule has 0 saturated heterocycles. The summed E-state index contributed by atoms with van der Waals surface area (Å²) < 4.78 is 0. The minimum atomic E-state index is -0.988. The third-order valence-electron chi connectivity index (χ3n) is 0.280. The summed E-state index contributed by atoms with van der Waals surface area (Å²) in [5.41, 5.74) is 0. The number of hydrogen-bond acceptors (Lipinski definition) is 3. The van der Waals surface area contributed by atoms with Crippen LogP contribution in [0.1, 0.15) is 0 Å². The van der Waals surface area contributed by atoms with E-state index < -0.39 is 11.7 Å². The van der Waals surface area contributed by atoms with Crippen molar-refractivity contribution in [2.45, 2.75) is 0 Å². The van der Waals surface area contributed by atoms with Crippen molar-refractivity contribution in [2.24, 2.45) is 0 Å². The monoisotopic (exact) mass is 106 g/mol. The zero-order chi connectivity index (χ0) is 5.70. The Hall–Kier alpha value is -0.840. The lowest BCUT2D eigenvalue weighted by Crippen LogP contribution is -2.03. The highest BCUT2D eigenvalue weighted by molar-refractivity contribution is 4.11. The molecule has 1 radical (unpaired) electrons. The van der Waals surface area contributed by atoms with Crippen LogP contribution in [0, 0.1) is 10.1 Å². The molecule has 0 aliphatic carbocycles. The van der Waals surface area contributed by atoms with E-state index in [9.17, 15) is 15.2 Å². The molecule has 41 valence electrons. The van der Waals surface area contributed by atoms with Crippen LogP contribution in [0.2, 0.25) is 0 Å². The highest BCUT2D eigenvalue weighted by Crippen LogP contribution is 1.69. The molecule has 0 N–H and O–H groups in total. The molecule has 0 aromatic rings. The third-order valence-corrected chi connectivity index (χ3v) is 0.280. The standard InChI is InChI=1S/C2H4NO4/c4-1-2-7-3(5)6/h1-2H2. The van der Waals surface area contributed by atoms with Crippen molar-refractivity contribution in [1.29, 1.82) is 0 Å². The molecule has 0 aromatic heterocycles. The molecular formula is C2H4NO4. The maximum Gasteiger partial charge on any atom is 0.294 e. The Morgan fingerprint density at radius 1 is 1.71 bits per heavy atom. The maximum atomic E-state index is 9.40. The van der Waals surface area contributed by atoms with Crippen molar-refractivity contribution in [3.63, 3.8) is 0 Å². The largest absolute Gasteiger partial charge is 0.311 e. The van der Waals surface area contributed by atoms with Gasteiger partial charge < -0.3 is 4.84 Å². The van der Waals surface area contributed by atoms with E-state index in [-0.39, 0.29) is 6.61 Å². The Bertz CT molecular complexity index is 62.7. The van der Waals surface area contributed by atoms with Gasteiger partial charge in [-0.1, -0.05) is 0 Å². The van der Waals surface area contributed by atoms with Crippen LogP contribution in [0.15, 0.2) is 0 Å². The van der Waals surface area contributed by atoms with E-state index in [0.717, 1.165) is 0 Å². The van der Waals surface area contributed by atoms with Crippen molar-refractivity contribution in [2.75, 3.05) is 13.2 Å². The lowest BCUT2D eigenvalue weighted by molar-refractivity contribution is -0.758. The van der Waals surface area contributed by atoms with Crippen LogP contribution in [0.4, 0.5) is 0 Å². The van der Waals surface area contributed by atoms with Gasteiger partial charge in [0.2, 0.25) is 0 Å². The fourth-order valence-corrected chi connectivity index (χ4v) is 0.112.